The van der Waals surface area contributed by atoms with Crippen LogP contribution in [-0.2, 0) is 19.1 Å². The Kier molecular flexibility index (Phi) is 37.8. The maximum Gasteiger partial charge on any atom is 0.305 e. The zero-order valence-corrected chi connectivity index (χ0v) is 35.6. The van der Waals surface area contributed by atoms with E-state index in [0.29, 0.717) is 26.1 Å². The predicted molar refractivity (Wildman–Crippen MR) is 221 cm³/mol. The van der Waals surface area contributed by atoms with Gasteiger partial charge < -0.3 is 14.4 Å². The summed E-state index contributed by atoms with van der Waals surface area (Å²) >= 11 is 0. The topological polar surface area (TPSA) is 55.8 Å². The molecule has 0 aliphatic rings. The van der Waals surface area contributed by atoms with Crippen molar-refractivity contribution in [1.29, 1.82) is 0 Å². The molecule has 0 fully saturated rings. The molecule has 5 heteroatoms. The molecule has 0 bridgehead atoms. The van der Waals surface area contributed by atoms with Gasteiger partial charge in [0.2, 0.25) is 0 Å². The largest absolute Gasteiger partial charge is 0.466 e. The maximum atomic E-state index is 12.2. The van der Waals surface area contributed by atoms with E-state index >= 15 is 0 Å². The highest BCUT2D eigenvalue weighted by Gasteiger charge is 2.13. The minimum atomic E-state index is 0.0137. The predicted octanol–water partition coefficient (Wildman–Crippen LogP) is 14.0. The van der Waals surface area contributed by atoms with Crippen LogP contribution in [0.1, 0.15) is 233 Å². The van der Waals surface area contributed by atoms with E-state index < -0.39 is 0 Å². The summed E-state index contributed by atoms with van der Waals surface area (Å²) in [6.07, 6.45) is 38.7. The van der Waals surface area contributed by atoms with Crippen LogP contribution in [0, 0.1) is 17.8 Å². The van der Waals surface area contributed by atoms with Crippen LogP contribution in [-0.4, -0.2) is 50.7 Å². The second kappa shape index (κ2) is 38.6. The summed E-state index contributed by atoms with van der Waals surface area (Å²) in [5, 5.41) is 0. The third kappa shape index (κ3) is 35.7. The summed E-state index contributed by atoms with van der Waals surface area (Å²) in [6, 6.07) is 0. The molecule has 0 saturated carbocycles. The van der Waals surface area contributed by atoms with Crippen molar-refractivity contribution >= 4 is 11.9 Å². The van der Waals surface area contributed by atoms with Gasteiger partial charge >= 0.3 is 11.9 Å². The number of nitrogens with zero attached hydrogens (tertiary/aromatic N) is 1. The molecule has 0 unspecified atom stereocenters. The van der Waals surface area contributed by atoms with Gasteiger partial charge in [0, 0.05) is 19.4 Å². The van der Waals surface area contributed by atoms with E-state index in [0.717, 1.165) is 56.3 Å². The fourth-order valence-electron chi connectivity index (χ4n) is 7.68. The SMILES string of the molecule is CCCCC(CCCC)CCOC(=O)CCCCCCCCCC(CCCCCCCCCC(=O)OCCC(CCCC)CCCC)CN(C)C. The summed E-state index contributed by atoms with van der Waals surface area (Å²) < 4.78 is 11.2. The van der Waals surface area contributed by atoms with Crippen molar-refractivity contribution in [2.45, 2.75) is 233 Å². The third-order valence-electron chi connectivity index (χ3n) is 11.1. The van der Waals surface area contributed by atoms with Gasteiger partial charge in [0.05, 0.1) is 13.2 Å². The molecule has 51 heavy (non-hydrogen) atoms. The molecule has 0 atom stereocenters. The van der Waals surface area contributed by atoms with Gasteiger partial charge in [-0.25, -0.2) is 0 Å². The molecule has 0 aliphatic carbocycles. The number of unbranched alkanes of at least 4 members (excludes halogenated alkanes) is 16. The molecule has 0 rings (SSSR count). The number of rotatable bonds is 40. The highest BCUT2D eigenvalue weighted by atomic mass is 16.5. The second-order valence-corrected chi connectivity index (χ2v) is 16.5. The Morgan fingerprint density at radius 1 is 0.392 bits per heavy atom. The summed E-state index contributed by atoms with van der Waals surface area (Å²) in [5.41, 5.74) is 0. The molecule has 0 aromatic heterocycles. The first-order valence-corrected chi connectivity index (χ1v) is 22.8. The summed E-state index contributed by atoms with van der Waals surface area (Å²) in [4.78, 5) is 26.8. The molecule has 0 saturated heterocycles. The van der Waals surface area contributed by atoms with E-state index in [1.54, 1.807) is 0 Å². The molecule has 0 heterocycles. The van der Waals surface area contributed by atoms with E-state index in [4.69, 9.17) is 9.47 Å². The number of ether oxygens (including phenoxy) is 2. The molecular weight excluding hydrogens is 631 g/mol. The smallest absolute Gasteiger partial charge is 0.305 e. The highest BCUT2D eigenvalue weighted by Crippen LogP contribution is 2.23. The van der Waals surface area contributed by atoms with Gasteiger partial charge in [0.25, 0.3) is 0 Å². The standard InChI is InChI=1S/C46H91NO4/c1-7-11-29-42(30-12-8-2)37-39-50-45(48)35-27-23-19-15-17-21-25-33-44(41-47(5)6)34-26-22-18-16-20-24-28-36-46(49)51-40-38-43(31-13-9-3)32-14-10-4/h42-44H,7-41H2,1-6H3. The first-order chi connectivity index (χ1) is 24.9. The Labute approximate surface area is 319 Å². The third-order valence-corrected chi connectivity index (χ3v) is 11.1. The maximum absolute atomic E-state index is 12.2. The quantitative estimate of drug-likeness (QED) is 0.0466. The highest BCUT2D eigenvalue weighted by molar-refractivity contribution is 5.69. The Bertz CT molecular complexity index is 669. The second-order valence-electron chi connectivity index (χ2n) is 16.5. The Morgan fingerprint density at radius 3 is 1.00 bits per heavy atom. The average Bonchev–Trinajstić information content (AvgIpc) is 3.11. The fraction of sp³-hybridized carbons (Fsp3) is 0.957. The normalized spacial score (nSPS) is 11.8. The van der Waals surface area contributed by atoms with Crippen molar-refractivity contribution in [3.05, 3.63) is 0 Å². The van der Waals surface area contributed by atoms with Crippen molar-refractivity contribution in [2.24, 2.45) is 17.8 Å². The summed E-state index contributed by atoms with van der Waals surface area (Å²) in [7, 11) is 4.43. The van der Waals surface area contributed by atoms with Gasteiger partial charge in [-0.05, 0) is 70.4 Å². The monoisotopic (exact) mass is 722 g/mol. The van der Waals surface area contributed by atoms with Crippen molar-refractivity contribution < 1.29 is 19.1 Å². The van der Waals surface area contributed by atoms with Gasteiger partial charge in [-0.3, -0.25) is 9.59 Å². The lowest BCUT2D eigenvalue weighted by Gasteiger charge is -2.21. The molecule has 0 amide bonds. The van der Waals surface area contributed by atoms with Crippen LogP contribution in [0.3, 0.4) is 0 Å². The minimum Gasteiger partial charge on any atom is -0.466 e. The molecule has 0 N–H and O–H groups in total. The lowest BCUT2D eigenvalue weighted by molar-refractivity contribution is -0.145. The first kappa shape index (κ1) is 49.9. The molecule has 0 aliphatic heterocycles. The summed E-state index contributed by atoms with van der Waals surface area (Å²) in [6.45, 7) is 11.5. The first-order valence-electron chi connectivity index (χ1n) is 22.8. The zero-order chi connectivity index (χ0) is 37.6. The average molecular weight is 722 g/mol. The van der Waals surface area contributed by atoms with Crippen molar-refractivity contribution in [3.8, 4) is 0 Å². The molecular formula is C46H91NO4. The van der Waals surface area contributed by atoms with Crippen LogP contribution in [0.25, 0.3) is 0 Å². The van der Waals surface area contributed by atoms with E-state index in [-0.39, 0.29) is 11.9 Å². The van der Waals surface area contributed by atoms with Gasteiger partial charge in [0.1, 0.15) is 0 Å². The van der Waals surface area contributed by atoms with Gasteiger partial charge in [-0.2, -0.15) is 0 Å². The number of hydrogen-bond donors (Lipinski definition) is 0. The molecule has 304 valence electrons. The molecule has 0 aromatic rings. The number of carbonyl (C=O) groups is 2. The molecule has 0 radical (unpaired) electrons. The molecule has 0 aromatic carbocycles. The van der Waals surface area contributed by atoms with Crippen LogP contribution in [0.2, 0.25) is 0 Å². The van der Waals surface area contributed by atoms with Crippen LogP contribution < -0.4 is 0 Å². The number of hydrogen-bond acceptors (Lipinski definition) is 5. The van der Waals surface area contributed by atoms with Gasteiger partial charge in [-0.15, -0.1) is 0 Å². The van der Waals surface area contributed by atoms with E-state index in [2.05, 4.69) is 46.7 Å². The Balaban J connectivity index is 3.81. The summed E-state index contributed by atoms with van der Waals surface area (Å²) in [5.74, 6) is 2.30. The van der Waals surface area contributed by atoms with Crippen LogP contribution >= 0.6 is 0 Å². The fourth-order valence-corrected chi connectivity index (χ4v) is 7.68. The van der Waals surface area contributed by atoms with Crippen LogP contribution in [0.15, 0.2) is 0 Å². The van der Waals surface area contributed by atoms with Crippen molar-refractivity contribution in [1.82, 2.24) is 4.90 Å². The number of esters is 2. The lowest BCUT2D eigenvalue weighted by atomic mass is 9.93. The molecule has 0 spiro atoms. The van der Waals surface area contributed by atoms with Crippen molar-refractivity contribution in [3.63, 3.8) is 0 Å². The van der Waals surface area contributed by atoms with E-state index in [9.17, 15) is 9.59 Å². The van der Waals surface area contributed by atoms with E-state index in [1.165, 1.54) is 161 Å². The lowest BCUT2D eigenvalue weighted by Crippen LogP contribution is -2.21. The van der Waals surface area contributed by atoms with Gasteiger partial charge in [-0.1, -0.05) is 182 Å². The Morgan fingerprint density at radius 2 is 0.686 bits per heavy atom. The zero-order valence-electron chi connectivity index (χ0n) is 35.6. The van der Waals surface area contributed by atoms with Crippen molar-refractivity contribution in [2.75, 3.05) is 33.9 Å². The van der Waals surface area contributed by atoms with Crippen LogP contribution in [0.5, 0.6) is 0 Å². The van der Waals surface area contributed by atoms with E-state index in [1.807, 2.05) is 0 Å². The minimum absolute atomic E-state index is 0.0137. The number of carbonyl (C=O) groups excluding carboxylic acids is 2. The Hall–Kier alpha value is -1.10. The molecule has 5 nitrogen and oxygen atoms in total. The van der Waals surface area contributed by atoms with Gasteiger partial charge in [0.15, 0.2) is 0 Å². The van der Waals surface area contributed by atoms with Crippen LogP contribution in [0.4, 0.5) is 0 Å².